The molecule has 2 heterocycles. The lowest BCUT2D eigenvalue weighted by Crippen LogP contribution is -1.88. The monoisotopic (exact) mass is 467 g/mol. The molecule has 0 atom stereocenters. The minimum absolute atomic E-state index is 0.104. The molecular formula is C22H11Cl2N3O3S. The zero-order valence-corrected chi connectivity index (χ0v) is 17.9. The molecule has 4 aromatic rings. The van der Waals surface area contributed by atoms with E-state index in [1.54, 1.807) is 30.3 Å². The second kappa shape index (κ2) is 8.74. The van der Waals surface area contributed by atoms with Gasteiger partial charge in [0.1, 0.15) is 22.6 Å². The molecule has 0 aliphatic rings. The molecule has 0 aliphatic heterocycles. The van der Waals surface area contributed by atoms with Crippen LogP contribution in [0.25, 0.3) is 34.2 Å². The minimum atomic E-state index is -0.516. The van der Waals surface area contributed by atoms with Crippen molar-refractivity contribution in [1.82, 2.24) is 4.98 Å². The van der Waals surface area contributed by atoms with E-state index in [0.717, 1.165) is 11.3 Å². The predicted octanol–water partition coefficient (Wildman–Crippen LogP) is 7.35. The topological polar surface area (TPSA) is 93.0 Å². The maximum absolute atomic E-state index is 10.9. The smallest absolute Gasteiger partial charge is 0.270 e. The lowest BCUT2D eigenvalue weighted by molar-refractivity contribution is -0.384. The van der Waals surface area contributed by atoms with Crippen molar-refractivity contribution >= 4 is 51.9 Å². The lowest BCUT2D eigenvalue weighted by Gasteiger charge is -2.00. The number of rotatable bonds is 5. The Morgan fingerprint density at radius 3 is 2.61 bits per heavy atom. The van der Waals surface area contributed by atoms with Gasteiger partial charge in [-0.3, -0.25) is 10.1 Å². The number of halogens is 2. The number of nitro benzene ring substituents is 1. The highest BCUT2D eigenvalue weighted by Gasteiger charge is 2.14. The quantitative estimate of drug-likeness (QED) is 0.173. The van der Waals surface area contributed by atoms with Crippen LogP contribution in [-0.2, 0) is 0 Å². The summed E-state index contributed by atoms with van der Waals surface area (Å²) in [4.78, 5) is 14.9. The number of nitrogens with zero attached hydrogens (tertiary/aromatic N) is 3. The summed E-state index contributed by atoms with van der Waals surface area (Å²) in [5.41, 5.74) is 2.41. The van der Waals surface area contributed by atoms with E-state index in [2.05, 4.69) is 11.1 Å². The Morgan fingerprint density at radius 1 is 1.16 bits per heavy atom. The molecule has 0 radical (unpaired) electrons. The van der Waals surface area contributed by atoms with Gasteiger partial charge in [0, 0.05) is 39.7 Å². The van der Waals surface area contributed by atoms with Gasteiger partial charge in [-0.25, -0.2) is 4.98 Å². The highest BCUT2D eigenvalue weighted by atomic mass is 35.5. The lowest BCUT2D eigenvalue weighted by atomic mass is 10.1. The zero-order chi connectivity index (χ0) is 22.0. The van der Waals surface area contributed by atoms with E-state index >= 15 is 0 Å². The van der Waals surface area contributed by atoms with Crippen molar-refractivity contribution in [1.29, 1.82) is 5.26 Å². The molecule has 0 spiro atoms. The van der Waals surface area contributed by atoms with Gasteiger partial charge in [-0.2, -0.15) is 5.26 Å². The first-order chi connectivity index (χ1) is 14.9. The molecule has 0 unspecified atom stereocenters. The van der Waals surface area contributed by atoms with E-state index in [4.69, 9.17) is 27.6 Å². The van der Waals surface area contributed by atoms with Crippen molar-refractivity contribution in [2.45, 2.75) is 0 Å². The Balaban J connectivity index is 1.62. The van der Waals surface area contributed by atoms with Gasteiger partial charge in [0.2, 0.25) is 0 Å². The summed E-state index contributed by atoms with van der Waals surface area (Å²) in [6.07, 6.45) is 1.59. The van der Waals surface area contributed by atoms with Gasteiger partial charge in [-0.05, 0) is 30.3 Å². The fourth-order valence-electron chi connectivity index (χ4n) is 2.83. The molecule has 2 aromatic heterocycles. The SMILES string of the molecule is N#C/C(=C\c1ccc(-c2ccc([N+](=O)[O-])cc2Cl)o1)c1nc(-c2ccc(Cl)cc2)cs1. The first-order valence-electron chi connectivity index (χ1n) is 8.82. The van der Waals surface area contributed by atoms with E-state index < -0.39 is 4.92 Å². The molecule has 0 bridgehead atoms. The Labute approximate surface area is 190 Å². The summed E-state index contributed by atoms with van der Waals surface area (Å²) in [6.45, 7) is 0. The van der Waals surface area contributed by atoms with Crippen LogP contribution in [0, 0.1) is 21.4 Å². The van der Waals surface area contributed by atoms with Crippen molar-refractivity contribution in [2.24, 2.45) is 0 Å². The summed E-state index contributed by atoms with van der Waals surface area (Å²) >= 11 is 13.4. The van der Waals surface area contributed by atoms with Crippen LogP contribution in [0.3, 0.4) is 0 Å². The summed E-state index contributed by atoms with van der Waals surface area (Å²) in [7, 11) is 0. The molecule has 9 heteroatoms. The average Bonchev–Trinajstić information content (AvgIpc) is 3.42. The molecule has 0 N–H and O–H groups in total. The predicted molar refractivity (Wildman–Crippen MR) is 122 cm³/mol. The average molecular weight is 468 g/mol. The van der Waals surface area contributed by atoms with Crippen molar-refractivity contribution in [3.63, 3.8) is 0 Å². The number of allylic oxidation sites excluding steroid dienone is 1. The molecule has 0 saturated carbocycles. The zero-order valence-electron chi connectivity index (χ0n) is 15.6. The van der Waals surface area contributed by atoms with Crippen LogP contribution in [-0.4, -0.2) is 9.91 Å². The number of non-ortho nitro benzene ring substituents is 1. The highest BCUT2D eigenvalue weighted by Crippen LogP contribution is 2.33. The van der Waals surface area contributed by atoms with Gasteiger partial charge in [-0.15, -0.1) is 11.3 Å². The molecule has 0 aliphatic carbocycles. The normalized spacial score (nSPS) is 11.3. The number of aromatic nitrogens is 1. The van der Waals surface area contributed by atoms with E-state index in [1.807, 2.05) is 17.5 Å². The van der Waals surface area contributed by atoms with E-state index in [0.29, 0.717) is 32.7 Å². The van der Waals surface area contributed by atoms with Gasteiger partial charge >= 0.3 is 0 Å². The van der Waals surface area contributed by atoms with Crippen LogP contribution in [0.15, 0.2) is 64.4 Å². The van der Waals surface area contributed by atoms with Gasteiger partial charge in [0.05, 0.1) is 21.2 Å². The van der Waals surface area contributed by atoms with Crippen molar-refractivity contribution in [3.8, 4) is 28.7 Å². The number of hydrogen-bond donors (Lipinski definition) is 0. The minimum Gasteiger partial charge on any atom is -0.457 e. The molecule has 4 rings (SSSR count). The van der Waals surface area contributed by atoms with Crippen LogP contribution < -0.4 is 0 Å². The van der Waals surface area contributed by atoms with E-state index in [1.165, 1.54) is 29.5 Å². The summed E-state index contributed by atoms with van der Waals surface area (Å²) < 4.78 is 5.79. The summed E-state index contributed by atoms with van der Waals surface area (Å²) in [5.74, 6) is 0.869. The third-order valence-corrected chi connectivity index (χ3v) is 5.78. The van der Waals surface area contributed by atoms with Gasteiger partial charge in [0.25, 0.3) is 5.69 Å². The number of thiazole rings is 1. The van der Waals surface area contributed by atoms with Crippen LogP contribution in [0.2, 0.25) is 10.0 Å². The number of nitriles is 1. The van der Waals surface area contributed by atoms with Crippen LogP contribution in [0.1, 0.15) is 10.8 Å². The van der Waals surface area contributed by atoms with Crippen LogP contribution in [0.4, 0.5) is 5.69 Å². The molecule has 2 aromatic carbocycles. The Morgan fingerprint density at radius 2 is 1.94 bits per heavy atom. The highest BCUT2D eigenvalue weighted by molar-refractivity contribution is 7.11. The molecule has 6 nitrogen and oxygen atoms in total. The van der Waals surface area contributed by atoms with Crippen molar-refractivity contribution in [2.75, 3.05) is 0 Å². The van der Waals surface area contributed by atoms with Crippen LogP contribution in [0.5, 0.6) is 0 Å². The second-order valence-electron chi connectivity index (χ2n) is 6.34. The number of furan rings is 1. The molecule has 152 valence electrons. The Hall–Kier alpha value is -3.44. The Kier molecular flexibility index (Phi) is 5.87. The fourth-order valence-corrected chi connectivity index (χ4v) is 4.02. The molecule has 31 heavy (non-hydrogen) atoms. The first-order valence-corrected chi connectivity index (χ1v) is 10.5. The van der Waals surface area contributed by atoms with Crippen molar-refractivity contribution in [3.05, 3.63) is 90.9 Å². The van der Waals surface area contributed by atoms with Gasteiger partial charge in [0.15, 0.2) is 0 Å². The maximum Gasteiger partial charge on any atom is 0.270 e. The molecule has 0 saturated heterocycles. The van der Waals surface area contributed by atoms with Crippen LogP contribution >= 0.6 is 34.5 Å². The Bertz CT molecular complexity index is 1350. The second-order valence-corrected chi connectivity index (χ2v) is 8.04. The van der Waals surface area contributed by atoms with E-state index in [9.17, 15) is 15.4 Å². The fraction of sp³-hybridized carbons (Fsp3) is 0. The third kappa shape index (κ3) is 4.52. The number of hydrogen-bond acceptors (Lipinski definition) is 6. The molecular weight excluding hydrogens is 457 g/mol. The van der Waals surface area contributed by atoms with Gasteiger partial charge in [-0.1, -0.05) is 35.3 Å². The molecule has 0 fully saturated rings. The maximum atomic E-state index is 10.9. The first kappa shape index (κ1) is 20.8. The van der Waals surface area contributed by atoms with E-state index in [-0.39, 0.29) is 10.7 Å². The third-order valence-electron chi connectivity index (χ3n) is 4.34. The van der Waals surface area contributed by atoms with Gasteiger partial charge < -0.3 is 4.42 Å². The van der Waals surface area contributed by atoms with Crippen molar-refractivity contribution < 1.29 is 9.34 Å². The number of nitro groups is 1. The number of benzene rings is 2. The summed E-state index contributed by atoms with van der Waals surface area (Å²) in [5, 5.41) is 23.7. The largest absolute Gasteiger partial charge is 0.457 e. The molecule has 0 amide bonds. The summed E-state index contributed by atoms with van der Waals surface area (Å²) in [6, 6.07) is 17.0. The standard InChI is InChI=1S/C22H11Cl2N3O3S/c23-15-3-1-13(2-4-15)20-12-31-22(26-20)14(11-25)9-17-6-8-21(30-17)18-7-5-16(27(28)29)10-19(18)24/h1-10,12H/b14-9+.